The van der Waals surface area contributed by atoms with E-state index in [0.29, 0.717) is 0 Å². The molecule has 0 aliphatic carbocycles. The summed E-state index contributed by atoms with van der Waals surface area (Å²) >= 11 is 0. The maximum absolute atomic E-state index is 12.3. The molecular formula is C8H6F5NO. The molecule has 0 aromatic carbocycles. The Morgan fingerprint density at radius 3 is 2.20 bits per heavy atom. The van der Waals surface area contributed by atoms with Crippen molar-refractivity contribution in [3.05, 3.63) is 33.2 Å². The number of halogens is 5. The molecule has 1 aromatic rings. The SMILES string of the molecule is Cc1c[nH]c(=O)c(C(F)(F)F)c1C(F)F. The second-order valence-electron chi connectivity index (χ2n) is 2.89. The summed E-state index contributed by atoms with van der Waals surface area (Å²) in [5.74, 6) is 0. The van der Waals surface area contributed by atoms with Crippen molar-refractivity contribution in [1.29, 1.82) is 0 Å². The van der Waals surface area contributed by atoms with E-state index in [1.54, 1.807) is 4.98 Å². The second kappa shape index (κ2) is 3.63. The molecule has 0 saturated heterocycles. The molecule has 1 heterocycles. The van der Waals surface area contributed by atoms with Crippen LogP contribution in [0.2, 0.25) is 0 Å². The number of aromatic amines is 1. The highest BCUT2D eigenvalue weighted by Crippen LogP contribution is 2.35. The molecule has 1 aromatic heterocycles. The summed E-state index contributed by atoms with van der Waals surface area (Å²) in [6.45, 7) is 1.08. The number of H-pyrrole nitrogens is 1. The number of hydrogen-bond acceptors (Lipinski definition) is 1. The van der Waals surface area contributed by atoms with Gasteiger partial charge < -0.3 is 4.98 Å². The molecule has 0 fully saturated rings. The molecule has 1 N–H and O–H groups in total. The molecule has 15 heavy (non-hydrogen) atoms. The lowest BCUT2D eigenvalue weighted by Crippen LogP contribution is -2.25. The van der Waals surface area contributed by atoms with Crippen molar-refractivity contribution in [3.63, 3.8) is 0 Å². The largest absolute Gasteiger partial charge is 0.422 e. The molecule has 0 saturated carbocycles. The van der Waals surface area contributed by atoms with Gasteiger partial charge in [0.25, 0.3) is 12.0 Å². The third-order valence-electron chi connectivity index (χ3n) is 1.84. The molecule has 0 spiro atoms. The zero-order chi connectivity index (χ0) is 11.8. The zero-order valence-electron chi connectivity index (χ0n) is 7.45. The molecule has 0 radical (unpaired) electrons. The summed E-state index contributed by atoms with van der Waals surface area (Å²) in [6, 6.07) is 0. The van der Waals surface area contributed by atoms with Crippen LogP contribution in [0, 0.1) is 6.92 Å². The number of aryl methyl sites for hydroxylation is 1. The van der Waals surface area contributed by atoms with E-state index in [1.165, 1.54) is 0 Å². The Balaban J connectivity index is 3.61. The maximum atomic E-state index is 12.3. The third-order valence-corrected chi connectivity index (χ3v) is 1.84. The first kappa shape index (κ1) is 11.7. The molecule has 2 nitrogen and oxygen atoms in total. The van der Waals surface area contributed by atoms with Crippen LogP contribution in [-0.4, -0.2) is 4.98 Å². The van der Waals surface area contributed by atoms with Gasteiger partial charge in [0.15, 0.2) is 0 Å². The summed E-state index contributed by atoms with van der Waals surface area (Å²) < 4.78 is 61.6. The van der Waals surface area contributed by atoms with Crippen LogP contribution >= 0.6 is 0 Å². The van der Waals surface area contributed by atoms with Gasteiger partial charge in [0.2, 0.25) is 0 Å². The van der Waals surface area contributed by atoms with Gasteiger partial charge in [-0.05, 0) is 12.5 Å². The molecule has 0 amide bonds. The Hall–Kier alpha value is -1.40. The first-order valence-corrected chi connectivity index (χ1v) is 3.82. The Bertz CT molecular complexity index is 420. The van der Waals surface area contributed by atoms with Gasteiger partial charge in [-0.3, -0.25) is 4.79 Å². The highest BCUT2D eigenvalue weighted by atomic mass is 19.4. The van der Waals surface area contributed by atoms with Crippen molar-refractivity contribution in [2.45, 2.75) is 19.5 Å². The Morgan fingerprint density at radius 2 is 1.87 bits per heavy atom. The first-order chi connectivity index (χ1) is 6.75. The summed E-state index contributed by atoms with van der Waals surface area (Å²) in [7, 11) is 0. The second-order valence-corrected chi connectivity index (χ2v) is 2.89. The molecular weight excluding hydrogens is 221 g/mol. The van der Waals surface area contributed by atoms with E-state index in [2.05, 4.69) is 0 Å². The summed E-state index contributed by atoms with van der Waals surface area (Å²) in [6.07, 6.45) is -7.58. The van der Waals surface area contributed by atoms with E-state index in [9.17, 15) is 26.7 Å². The quantitative estimate of drug-likeness (QED) is 0.735. The normalized spacial score (nSPS) is 12.2. The van der Waals surface area contributed by atoms with Crippen molar-refractivity contribution in [2.24, 2.45) is 0 Å². The molecule has 0 bridgehead atoms. The van der Waals surface area contributed by atoms with E-state index in [0.717, 1.165) is 13.1 Å². The number of aromatic nitrogens is 1. The van der Waals surface area contributed by atoms with E-state index in [-0.39, 0.29) is 5.56 Å². The minimum atomic E-state index is -5.08. The lowest BCUT2D eigenvalue weighted by Gasteiger charge is -2.12. The lowest BCUT2D eigenvalue weighted by molar-refractivity contribution is -0.140. The zero-order valence-corrected chi connectivity index (χ0v) is 7.45. The predicted molar refractivity (Wildman–Crippen MR) is 41.8 cm³/mol. The molecule has 84 valence electrons. The molecule has 0 unspecified atom stereocenters. The van der Waals surface area contributed by atoms with Crippen LogP contribution in [0.3, 0.4) is 0 Å². The fraction of sp³-hybridized carbons (Fsp3) is 0.375. The van der Waals surface area contributed by atoms with E-state index in [4.69, 9.17) is 0 Å². The van der Waals surface area contributed by atoms with Crippen molar-refractivity contribution in [3.8, 4) is 0 Å². The maximum Gasteiger partial charge on any atom is 0.422 e. The van der Waals surface area contributed by atoms with Crippen molar-refractivity contribution in [2.75, 3.05) is 0 Å². The summed E-state index contributed by atoms with van der Waals surface area (Å²) in [5.41, 5.74) is -4.93. The van der Waals surface area contributed by atoms with Gasteiger partial charge >= 0.3 is 6.18 Å². The Kier molecular flexibility index (Phi) is 2.83. The minimum Gasteiger partial charge on any atom is -0.328 e. The van der Waals surface area contributed by atoms with E-state index in [1.807, 2.05) is 0 Å². The molecule has 7 heteroatoms. The van der Waals surface area contributed by atoms with Gasteiger partial charge in [-0.25, -0.2) is 8.78 Å². The number of alkyl halides is 5. The van der Waals surface area contributed by atoms with Crippen LogP contribution in [0.4, 0.5) is 22.0 Å². The summed E-state index contributed by atoms with van der Waals surface area (Å²) in [5, 5.41) is 0. The number of nitrogens with one attached hydrogen (secondary N) is 1. The van der Waals surface area contributed by atoms with Crippen molar-refractivity contribution in [1.82, 2.24) is 4.98 Å². The highest BCUT2D eigenvalue weighted by Gasteiger charge is 2.39. The number of rotatable bonds is 1. The van der Waals surface area contributed by atoms with Crippen LogP contribution in [-0.2, 0) is 6.18 Å². The Morgan fingerprint density at radius 1 is 1.33 bits per heavy atom. The fourth-order valence-corrected chi connectivity index (χ4v) is 1.21. The van der Waals surface area contributed by atoms with Gasteiger partial charge in [-0.1, -0.05) is 0 Å². The van der Waals surface area contributed by atoms with Gasteiger partial charge in [-0.15, -0.1) is 0 Å². The van der Waals surface area contributed by atoms with E-state index < -0.39 is 29.3 Å². The standard InChI is InChI=1S/C8H6F5NO/c1-3-2-14-7(15)5(8(11,12)13)4(3)6(9)10/h2,6H,1H3,(H,14,15). The van der Waals surface area contributed by atoms with Gasteiger partial charge in [0.05, 0.1) is 0 Å². The fourth-order valence-electron chi connectivity index (χ4n) is 1.21. The van der Waals surface area contributed by atoms with Gasteiger partial charge in [0.1, 0.15) is 5.56 Å². The van der Waals surface area contributed by atoms with Crippen LogP contribution in [0.5, 0.6) is 0 Å². The highest BCUT2D eigenvalue weighted by molar-refractivity contribution is 5.34. The van der Waals surface area contributed by atoms with E-state index >= 15 is 0 Å². The van der Waals surface area contributed by atoms with Crippen LogP contribution < -0.4 is 5.56 Å². The van der Waals surface area contributed by atoms with Gasteiger partial charge in [0, 0.05) is 11.8 Å². The molecule has 0 aliphatic heterocycles. The first-order valence-electron chi connectivity index (χ1n) is 3.82. The smallest absolute Gasteiger partial charge is 0.328 e. The topological polar surface area (TPSA) is 32.9 Å². The van der Waals surface area contributed by atoms with Crippen LogP contribution in [0.1, 0.15) is 23.1 Å². The molecule has 0 atom stereocenters. The average Bonchev–Trinajstić information content (AvgIpc) is 2.05. The molecule has 0 aliphatic rings. The molecule has 1 rings (SSSR count). The van der Waals surface area contributed by atoms with Gasteiger partial charge in [-0.2, -0.15) is 13.2 Å². The third kappa shape index (κ3) is 2.16. The number of hydrogen-bond donors (Lipinski definition) is 1. The monoisotopic (exact) mass is 227 g/mol. The van der Waals surface area contributed by atoms with Crippen LogP contribution in [0.15, 0.2) is 11.0 Å². The number of pyridine rings is 1. The predicted octanol–water partition coefficient (Wildman–Crippen LogP) is 2.64. The van der Waals surface area contributed by atoms with Crippen molar-refractivity contribution < 1.29 is 22.0 Å². The van der Waals surface area contributed by atoms with Crippen LogP contribution in [0.25, 0.3) is 0 Å². The minimum absolute atomic E-state index is 0.295. The Labute approximate surface area is 80.7 Å². The summed E-state index contributed by atoms with van der Waals surface area (Å²) in [4.78, 5) is 12.6. The van der Waals surface area contributed by atoms with Crippen molar-refractivity contribution >= 4 is 0 Å². The average molecular weight is 227 g/mol. The lowest BCUT2D eigenvalue weighted by atomic mass is 10.1.